The van der Waals surface area contributed by atoms with Crippen molar-refractivity contribution in [2.24, 2.45) is 0 Å². The third kappa shape index (κ3) is 2.11. The summed E-state index contributed by atoms with van der Waals surface area (Å²) in [6, 6.07) is 3.79. The van der Waals surface area contributed by atoms with Gasteiger partial charge in [-0.1, -0.05) is 10.4 Å². The van der Waals surface area contributed by atoms with Crippen LogP contribution >= 0.6 is 15.9 Å². The van der Waals surface area contributed by atoms with E-state index in [-0.39, 0.29) is 0 Å². The largest absolute Gasteiger partial charge is 0.334 e. The van der Waals surface area contributed by atoms with Gasteiger partial charge in [0.1, 0.15) is 16.8 Å². The smallest absolute Gasteiger partial charge is 0.261 e. The van der Waals surface area contributed by atoms with Gasteiger partial charge < -0.3 is 4.52 Å². The third-order valence-corrected chi connectivity index (χ3v) is 3.55. The highest BCUT2D eigenvalue weighted by atomic mass is 79.9. The maximum Gasteiger partial charge on any atom is 0.261 e. The summed E-state index contributed by atoms with van der Waals surface area (Å²) in [5, 5.41) is 11.6. The van der Waals surface area contributed by atoms with Crippen LogP contribution in [0.3, 0.4) is 0 Å². The molecule has 0 saturated carbocycles. The molecule has 0 radical (unpaired) electrons. The zero-order chi connectivity index (χ0) is 14.2. The first kappa shape index (κ1) is 12.2. The summed E-state index contributed by atoms with van der Waals surface area (Å²) in [6.07, 6.45) is 6.97. The molecule has 0 unspecified atom stereocenters. The number of pyridine rings is 1. The minimum Gasteiger partial charge on any atom is -0.334 e. The Hall–Kier alpha value is -2.55. The maximum atomic E-state index is 5.33. The predicted octanol–water partition coefficient (Wildman–Crippen LogP) is 1.79. The second-order valence-corrected chi connectivity index (χ2v) is 5.13. The van der Waals surface area contributed by atoms with Gasteiger partial charge in [-0.3, -0.25) is 4.40 Å². The van der Waals surface area contributed by atoms with Gasteiger partial charge in [-0.05, 0) is 28.1 Å². The van der Waals surface area contributed by atoms with Gasteiger partial charge in [0.15, 0.2) is 5.82 Å². The molecular formula is C12H8BrN7O. The summed E-state index contributed by atoms with van der Waals surface area (Å²) in [5.41, 5.74) is 1.53. The standard InChI is InChI=1S/C12H8BrN7O/c13-9-6-14-11-8(2-1-4-20(9)11)12-16-10(17-21-12)7-19-5-3-15-18-19/h1-6H,7H2. The Morgan fingerprint density at radius 3 is 3.10 bits per heavy atom. The normalized spacial score (nSPS) is 11.3. The summed E-state index contributed by atoms with van der Waals surface area (Å²) < 4.78 is 9.71. The van der Waals surface area contributed by atoms with Crippen molar-refractivity contribution < 1.29 is 4.52 Å². The number of halogens is 1. The lowest BCUT2D eigenvalue weighted by atomic mass is 10.2. The van der Waals surface area contributed by atoms with Gasteiger partial charge in [0.05, 0.1) is 18.0 Å². The number of aromatic nitrogens is 7. The number of hydrogen-bond donors (Lipinski definition) is 0. The highest BCUT2D eigenvalue weighted by molar-refractivity contribution is 9.10. The van der Waals surface area contributed by atoms with E-state index in [1.807, 2.05) is 22.7 Å². The van der Waals surface area contributed by atoms with Gasteiger partial charge >= 0.3 is 0 Å². The molecule has 0 atom stereocenters. The van der Waals surface area contributed by atoms with Crippen molar-refractivity contribution in [1.82, 2.24) is 34.5 Å². The van der Waals surface area contributed by atoms with E-state index < -0.39 is 0 Å². The molecule has 0 aromatic carbocycles. The molecule has 0 spiro atoms. The van der Waals surface area contributed by atoms with E-state index in [2.05, 4.69) is 41.4 Å². The van der Waals surface area contributed by atoms with Crippen LogP contribution < -0.4 is 0 Å². The molecule has 4 aromatic rings. The average Bonchev–Trinajstić information content (AvgIpc) is 3.22. The van der Waals surface area contributed by atoms with Crippen LogP contribution in [0.2, 0.25) is 0 Å². The third-order valence-electron chi connectivity index (χ3n) is 2.96. The molecule has 8 nitrogen and oxygen atoms in total. The summed E-state index contributed by atoms with van der Waals surface area (Å²) in [5.74, 6) is 0.956. The molecule has 0 N–H and O–H groups in total. The molecular weight excluding hydrogens is 338 g/mol. The number of hydrogen-bond acceptors (Lipinski definition) is 6. The zero-order valence-electron chi connectivity index (χ0n) is 10.6. The van der Waals surface area contributed by atoms with Gasteiger partial charge in [-0.15, -0.1) is 5.10 Å². The lowest BCUT2D eigenvalue weighted by Gasteiger charge is -1.98. The topological polar surface area (TPSA) is 86.9 Å². The monoisotopic (exact) mass is 345 g/mol. The van der Waals surface area contributed by atoms with Crippen LogP contribution in [0.1, 0.15) is 5.82 Å². The van der Waals surface area contributed by atoms with Gasteiger partial charge in [-0.2, -0.15) is 4.98 Å². The van der Waals surface area contributed by atoms with Crippen LogP contribution in [0.15, 0.2) is 46.0 Å². The highest BCUT2D eigenvalue weighted by Gasteiger charge is 2.14. The van der Waals surface area contributed by atoms with Crippen LogP contribution in [0.4, 0.5) is 0 Å². The Labute approximate surface area is 126 Å². The predicted molar refractivity (Wildman–Crippen MR) is 75.3 cm³/mol. The average molecular weight is 346 g/mol. The van der Waals surface area contributed by atoms with Crippen LogP contribution in [-0.2, 0) is 6.54 Å². The lowest BCUT2D eigenvalue weighted by Crippen LogP contribution is -2.02. The first-order valence-corrected chi connectivity index (χ1v) is 6.89. The molecule has 0 aliphatic heterocycles. The fourth-order valence-electron chi connectivity index (χ4n) is 2.04. The van der Waals surface area contributed by atoms with Crippen molar-refractivity contribution in [3.63, 3.8) is 0 Å². The molecule has 0 saturated heterocycles. The Bertz CT molecular complexity index is 896. The van der Waals surface area contributed by atoms with Crippen molar-refractivity contribution >= 4 is 21.6 Å². The van der Waals surface area contributed by atoms with E-state index >= 15 is 0 Å². The van der Waals surface area contributed by atoms with Crippen LogP contribution in [0.25, 0.3) is 17.1 Å². The molecule has 4 heterocycles. The quantitative estimate of drug-likeness (QED) is 0.562. The van der Waals surface area contributed by atoms with Crippen molar-refractivity contribution in [1.29, 1.82) is 0 Å². The highest BCUT2D eigenvalue weighted by Crippen LogP contribution is 2.24. The van der Waals surface area contributed by atoms with E-state index in [4.69, 9.17) is 4.52 Å². The van der Waals surface area contributed by atoms with E-state index in [0.29, 0.717) is 18.3 Å². The van der Waals surface area contributed by atoms with Crippen LogP contribution in [0.5, 0.6) is 0 Å². The number of nitrogens with zero attached hydrogens (tertiary/aromatic N) is 7. The molecule has 0 bridgehead atoms. The fraction of sp³-hybridized carbons (Fsp3) is 0.0833. The second-order valence-electron chi connectivity index (χ2n) is 4.31. The number of imidazole rings is 1. The molecule has 21 heavy (non-hydrogen) atoms. The maximum absolute atomic E-state index is 5.33. The van der Waals surface area contributed by atoms with Crippen molar-refractivity contribution in [2.45, 2.75) is 6.54 Å². The second kappa shape index (κ2) is 4.77. The molecule has 0 aliphatic carbocycles. The van der Waals surface area contributed by atoms with Crippen LogP contribution in [-0.4, -0.2) is 34.5 Å². The molecule has 0 fully saturated rings. The summed E-state index contributed by atoms with van der Waals surface area (Å²) in [4.78, 5) is 8.72. The Morgan fingerprint density at radius 2 is 2.24 bits per heavy atom. The fourth-order valence-corrected chi connectivity index (χ4v) is 2.43. The van der Waals surface area contributed by atoms with Crippen LogP contribution in [0, 0.1) is 0 Å². The van der Waals surface area contributed by atoms with E-state index in [9.17, 15) is 0 Å². The van der Waals surface area contributed by atoms with Gasteiger partial charge in [0.2, 0.25) is 0 Å². The first-order chi connectivity index (χ1) is 10.3. The van der Waals surface area contributed by atoms with Gasteiger partial charge in [0, 0.05) is 12.4 Å². The van der Waals surface area contributed by atoms with E-state index in [0.717, 1.165) is 15.8 Å². The zero-order valence-corrected chi connectivity index (χ0v) is 12.2. The van der Waals surface area contributed by atoms with E-state index in [1.54, 1.807) is 23.3 Å². The van der Waals surface area contributed by atoms with E-state index in [1.165, 1.54) is 0 Å². The minimum atomic E-state index is 0.407. The molecule has 0 aliphatic rings. The molecule has 104 valence electrons. The Balaban J connectivity index is 1.74. The van der Waals surface area contributed by atoms with Crippen molar-refractivity contribution in [2.75, 3.05) is 0 Å². The Morgan fingerprint density at radius 1 is 1.29 bits per heavy atom. The molecule has 0 amide bonds. The summed E-state index contributed by atoms with van der Waals surface area (Å²) >= 11 is 3.43. The first-order valence-electron chi connectivity index (χ1n) is 6.10. The molecule has 9 heteroatoms. The lowest BCUT2D eigenvalue weighted by molar-refractivity contribution is 0.418. The minimum absolute atomic E-state index is 0.407. The Kier molecular flexibility index (Phi) is 2.78. The number of fused-ring (bicyclic) bond motifs is 1. The molecule has 4 aromatic heterocycles. The summed E-state index contributed by atoms with van der Waals surface area (Å²) in [6.45, 7) is 0.407. The summed E-state index contributed by atoms with van der Waals surface area (Å²) in [7, 11) is 0. The van der Waals surface area contributed by atoms with Gasteiger partial charge in [0.25, 0.3) is 5.89 Å². The SMILES string of the molecule is Brc1cnc2c(-c3nc(Cn4ccnn4)no3)cccn12. The van der Waals surface area contributed by atoms with Gasteiger partial charge in [-0.25, -0.2) is 9.67 Å². The number of rotatable bonds is 3. The van der Waals surface area contributed by atoms with Crippen molar-refractivity contribution in [3.8, 4) is 11.5 Å². The van der Waals surface area contributed by atoms with Crippen molar-refractivity contribution in [3.05, 3.63) is 47.3 Å². The molecule has 4 rings (SSSR count).